The second-order valence-electron chi connectivity index (χ2n) is 5.76. The standard InChI is InChI=1S/C18H24N2O4S/c1-20(2)13(17-7-6-8-25-17)11-19-18(21)12-9-15(23-4)16(24-5)10-14(12)22-3/h6-10,13H,11H2,1-5H3,(H,19,21)/p+1/t13-/m0/s1. The summed E-state index contributed by atoms with van der Waals surface area (Å²) in [6.45, 7) is 0.527. The summed E-state index contributed by atoms with van der Waals surface area (Å²) in [7, 11) is 8.76. The van der Waals surface area contributed by atoms with E-state index in [1.165, 1.54) is 24.0 Å². The van der Waals surface area contributed by atoms with Crippen molar-refractivity contribution in [3.8, 4) is 17.2 Å². The maximum Gasteiger partial charge on any atom is 0.255 e. The van der Waals surface area contributed by atoms with Gasteiger partial charge in [0.2, 0.25) is 0 Å². The molecule has 136 valence electrons. The molecule has 2 N–H and O–H groups in total. The minimum atomic E-state index is -0.208. The molecular weight excluding hydrogens is 340 g/mol. The molecule has 6 nitrogen and oxygen atoms in total. The molecule has 1 aromatic carbocycles. The fourth-order valence-corrected chi connectivity index (χ4v) is 3.53. The van der Waals surface area contributed by atoms with E-state index < -0.39 is 0 Å². The van der Waals surface area contributed by atoms with Crippen molar-refractivity contribution in [1.82, 2.24) is 5.32 Å². The third kappa shape index (κ3) is 4.43. The SMILES string of the molecule is COc1cc(OC)c(C(=O)NC[C@@H](c2cccs2)[NH+](C)C)cc1OC. The summed E-state index contributed by atoms with van der Waals surface area (Å²) in [4.78, 5) is 15.2. The smallest absolute Gasteiger partial charge is 0.255 e. The molecule has 7 heteroatoms. The summed E-state index contributed by atoms with van der Waals surface area (Å²) in [5.41, 5.74) is 0.416. The fourth-order valence-electron chi connectivity index (χ4n) is 2.58. The number of likely N-dealkylation sites (N-methyl/N-ethyl adjacent to an activating group) is 1. The highest BCUT2D eigenvalue weighted by Crippen LogP contribution is 2.34. The van der Waals surface area contributed by atoms with Gasteiger partial charge in [-0.25, -0.2) is 0 Å². The van der Waals surface area contributed by atoms with Crippen LogP contribution in [0.2, 0.25) is 0 Å². The number of methoxy groups -OCH3 is 3. The Bertz CT molecular complexity index is 701. The third-order valence-corrected chi connectivity index (χ3v) is 4.99. The van der Waals surface area contributed by atoms with Crippen LogP contribution in [0, 0.1) is 0 Å². The maximum atomic E-state index is 12.7. The summed E-state index contributed by atoms with van der Waals surface area (Å²) in [5.74, 6) is 1.24. The van der Waals surface area contributed by atoms with Crippen molar-refractivity contribution in [2.75, 3.05) is 42.0 Å². The van der Waals surface area contributed by atoms with Gasteiger partial charge in [0.1, 0.15) is 11.8 Å². The van der Waals surface area contributed by atoms with Gasteiger partial charge in [-0.3, -0.25) is 4.79 Å². The number of quaternary nitrogens is 1. The molecule has 1 atom stereocenters. The van der Waals surface area contributed by atoms with Crippen molar-refractivity contribution < 1.29 is 23.9 Å². The van der Waals surface area contributed by atoms with Gasteiger partial charge in [0.25, 0.3) is 5.91 Å². The van der Waals surface area contributed by atoms with E-state index in [9.17, 15) is 4.79 Å². The zero-order chi connectivity index (χ0) is 18.4. The van der Waals surface area contributed by atoms with E-state index in [0.29, 0.717) is 29.4 Å². The zero-order valence-corrected chi connectivity index (χ0v) is 16.0. The second-order valence-corrected chi connectivity index (χ2v) is 6.74. The highest BCUT2D eigenvalue weighted by molar-refractivity contribution is 7.10. The molecule has 25 heavy (non-hydrogen) atoms. The second kappa shape index (κ2) is 8.73. The molecule has 2 rings (SSSR count). The molecular formula is C18H25N2O4S+. The Morgan fingerprint density at radius 2 is 1.76 bits per heavy atom. The number of carbonyl (C=O) groups excluding carboxylic acids is 1. The molecule has 0 saturated heterocycles. The van der Waals surface area contributed by atoms with Gasteiger partial charge in [-0.1, -0.05) is 6.07 Å². The first kappa shape index (κ1) is 19.1. The topological polar surface area (TPSA) is 61.2 Å². The molecule has 0 bridgehead atoms. The van der Waals surface area contributed by atoms with Crippen LogP contribution in [0.4, 0.5) is 0 Å². The molecule has 0 aliphatic heterocycles. The fraction of sp³-hybridized carbons (Fsp3) is 0.389. The molecule has 1 heterocycles. The highest BCUT2D eigenvalue weighted by Gasteiger charge is 2.22. The average Bonchev–Trinajstić information content (AvgIpc) is 3.14. The highest BCUT2D eigenvalue weighted by atomic mass is 32.1. The minimum absolute atomic E-state index is 0.190. The maximum absolute atomic E-state index is 12.7. The lowest BCUT2D eigenvalue weighted by molar-refractivity contribution is -0.890. The minimum Gasteiger partial charge on any atom is -0.496 e. The quantitative estimate of drug-likeness (QED) is 0.742. The molecule has 2 aromatic rings. The molecule has 0 spiro atoms. The van der Waals surface area contributed by atoms with Crippen LogP contribution < -0.4 is 24.4 Å². The van der Waals surface area contributed by atoms with Crippen molar-refractivity contribution in [1.29, 1.82) is 0 Å². The number of thiophene rings is 1. The van der Waals surface area contributed by atoms with Gasteiger partial charge in [0, 0.05) is 12.1 Å². The van der Waals surface area contributed by atoms with Gasteiger partial charge in [-0.15, -0.1) is 11.3 Å². The van der Waals surface area contributed by atoms with Crippen LogP contribution >= 0.6 is 11.3 Å². The summed E-state index contributed by atoms with van der Waals surface area (Å²) in [6, 6.07) is 7.59. The molecule has 1 aromatic heterocycles. The predicted octanol–water partition coefficient (Wildman–Crippen LogP) is 1.39. The number of rotatable bonds is 8. The van der Waals surface area contributed by atoms with E-state index in [2.05, 4.69) is 25.5 Å². The Balaban J connectivity index is 2.19. The van der Waals surface area contributed by atoms with Gasteiger partial charge in [0.05, 0.1) is 52.4 Å². The molecule has 0 aliphatic carbocycles. The largest absolute Gasteiger partial charge is 0.496 e. The lowest BCUT2D eigenvalue weighted by atomic mass is 10.1. The van der Waals surface area contributed by atoms with Crippen molar-refractivity contribution in [3.05, 3.63) is 40.1 Å². The molecule has 0 saturated carbocycles. The van der Waals surface area contributed by atoms with E-state index in [0.717, 1.165) is 0 Å². The van der Waals surface area contributed by atoms with E-state index in [1.54, 1.807) is 30.6 Å². The van der Waals surface area contributed by atoms with E-state index in [4.69, 9.17) is 14.2 Å². The number of amides is 1. The normalized spacial score (nSPS) is 11.9. The lowest BCUT2D eigenvalue weighted by Gasteiger charge is -2.21. The Kier molecular flexibility index (Phi) is 6.66. The monoisotopic (exact) mass is 365 g/mol. The first-order valence-electron chi connectivity index (χ1n) is 7.93. The van der Waals surface area contributed by atoms with Crippen molar-refractivity contribution >= 4 is 17.2 Å². The van der Waals surface area contributed by atoms with Crippen LogP contribution in [0.5, 0.6) is 17.2 Å². The van der Waals surface area contributed by atoms with Crippen LogP contribution in [0.15, 0.2) is 29.6 Å². The Morgan fingerprint density at radius 1 is 1.12 bits per heavy atom. The van der Waals surface area contributed by atoms with Crippen LogP contribution in [0.25, 0.3) is 0 Å². The van der Waals surface area contributed by atoms with Crippen LogP contribution in [0.1, 0.15) is 21.3 Å². The number of nitrogens with one attached hydrogen (secondary N) is 2. The Labute approximate surface area is 152 Å². The summed E-state index contributed by atoms with van der Waals surface area (Å²) in [6.07, 6.45) is 0. The average molecular weight is 365 g/mol. The van der Waals surface area contributed by atoms with Crippen LogP contribution in [-0.4, -0.2) is 47.9 Å². The third-order valence-electron chi connectivity index (χ3n) is 4.00. The summed E-state index contributed by atoms with van der Waals surface area (Å²) >= 11 is 1.69. The number of hydrogen-bond acceptors (Lipinski definition) is 5. The number of carbonyl (C=O) groups is 1. The molecule has 1 amide bonds. The van der Waals surface area contributed by atoms with Crippen LogP contribution in [-0.2, 0) is 0 Å². The molecule has 0 radical (unpaired) electrons. The zero-order valence-electron chi connectivity index (χ0n) is 15.2. The number of benzene rings is 1. The first-order valence-corrected chi connectivity index (χ1v) is 8.81. The van der Waals surface area contributed by atoms with Gasteiger partial charge in [-0.05, 0) is 11.4 Å². The number of ether oxygens (including phenoxy) is 3. The Hall–Kier alpha value is -2.25. The van der Waals surface area contributed by atoms with Crippen molar-refractivity contribution in [2.45, 2.75) is 6.04 Å². The van der Waals surface area contributed by atoms with Gasteiger partial charge >= 0.3 is 0 Å². The van der Waals surface area contributed by atoms with E-state index in [1.807, 2.05) is 11.4 Å². The van der Waals surface area contributed by atoms with E-state index in [-0.39, 0.29) is 11.9 Å². The lowest BCUT2D eigenvalue weighted by Crippen LogP contribution is -3.06. The predicted molar refractivity (Wildman–Crippen MR) is 98.3 cm³/mol. The van der Waals surface area contributed by atoms with Crippen molar-refractivity contribution in [3.63, 3.8) is 0 Å². The summed E-state index contributed by atoms with van der Waals surface area (Å²) in [5, 5.41) is 5.05. The van der Waals surface area contributed by atoms with Crippen LogP contribution in [0.3, 0.4) is 0 Å². The molecule has 0 unspecified atom stereocenters. The first-order chi connectivity index (χ1) is 12.0. The van der Waals surface area contributed by atoms with E-state index >= 15 is 0 Å². The van der Waals surface area contributed by atoms with Gasteiger partial charge in [0.15, 0.2) is 11.5 Å². The molecule has 0 fully saturated rings. The number of hydrogen-bond donors (Lipinski definition) is 2. The van der Waals surface area contributed by atoms with Crippen molar-refractivity contribution in [2.24, 2.45) is 0 Å². The summed E-state index contributed by atoms with van der Waals surface area (Å²) < 4.78 is 15.9. The Morgan fingerprint density at radius 3 is 2.28 bits per heavy atom. The van der Waals surface area contributed by atoms with Gasteiger partial charge in [-0.2, -0.15) is 0 Å². The van der Waals surface area contributed by atoms with Gasteiger partial charge < -0.3 is 24.4 Å². The molecule has 0 aliphatic rings.